The molecule has 2 rings (SSSR count). The van der Waals surface area contributed by atoms with Crippen LogP contribution in [0.4, 0.5) is 0 Å². The standard InChI is InChI=1S/C22H28O4/c1-15(2)11-13-25-21(23)19-9-10-20(18-8-6-5-7-17(18)19)22(24)26-14-12-16(3)4/h5-10,15-16H,11-14H2,1-4H3. The highest BCUT2D eigenvalue weighted by atomic mass is 16.5. The van der Waals surface area contributed by atoms with Crippen LogP contribution in [-0.2, 0) is 9.47 Å². The van der Waals surface area contributed by atoms with E-state index >= 15 is 0 Å². The van der Waals surface area contributed by atoms with Gasteiger partial charge in [0.25, 0.3) is 0 Å². The smallest absolute Gasteiger partial charge is 0.338 e. The summed E-state index contributed by atoms with van der Waals surface area (Å²) in [4.78, 5) is 24.9. The van der Waals surface area contributed by atoms with E-state index in [0.717, 1.165) is 12.8 Å². The van der Waals surface area contributed by atoms with Gasteiger partial charge < -0.3 is 9.47 Å². The Morgan fingerprint density at radius 1 is 0.731 bits per heavy atom. The number of hydrogen-bond donors (Lipinski definition) is 0. The third-order valence-electron chi connectivity index (χ3n) is 4.22. The van der Waals surface area contributed by atoms with E-state index in [-0.39, 0.29) is 11.9 Å². The Balaban J connectivity index is 2.22. The lowest BCUT2D eigenvalue weighted by atomic mass is 9.99. The van der Waals surface area contributed by atoms with Crippen molar-refractivity contribution in [3.63, 3.8) is 0 Å². The van der Waals surface area contributed by atoms with E-state index in [1.807, 2.05) is 24.3 Å². The minimum Gasteiger partial charge on any atom is -0.462 e. The first-order valence-corrected chi connectivity index (χ1v) is 9.26. The molecule has 0 aliphatic carbocycles. The molecule has 4 heteroatoms. The molecule has 0 saturated heterocycles. The molecule has 0 N–H and O–H groups in total. The zero-order valence-electron chi connectivity index (χ0n) is 16.1. The van der Waals surface area contributed by atoms with Gasteiger partial charge in [-0.1, -0.05) is 52.0 Å². The molecular formula is C22H28O4. The normalized spacial score (nSPS) is 11.2. The summed E-state index contributed by atoms with van der Waals surface area (Å²) in [6, 6.07) is 10.7. The molecular weight excluding hydrogens is 328 g/mol. The molecule has 0 unspecified atom stereocenters. The average molecular weight is 356 g/mol. The molecule has 4 nitrogen and oxygen atoms in total. The van der Waals surface area contributed by atoms with Gasteiger partial charge in [-0.25, -0.2) is 9.59 Å². The van der Waals surface area contributed by atoms with Gasteiger partial charge in [0.1, 0.15) is 0 Å². The average Bonchev–Trinajstić information content (AvgIpc) is 2.59. The zero-order chi connectivity index (χ0) is 19.1. The zero-order valence-corrected chi connectivity index (χ0v) is 16.1. The Morgan fingerprint density at radius 2 is 1.12 bits per heavy atom. The summed E-state index contributed by atoms with van der Waals surface area (Å²) in [5.41, 5.74) is 0.950. The Kier molecular flexibility index (Phi) is 7.19. The second-order valence-corrected chi connectivity index (χ2v) is 7.34. The third-order valence-corrected chi connectivity index (χ3v) is 4.22. The van der Waals surface area contributed by atoms with Crippen LogP contribution in [0.25, 0.3) is 10.8 Å². The molecule has 0 fully saturated rings. The monoisotopic (exact) mass is 356 g/mol. The lowest BCUT2D eigenvalue weighted by molar-refractivity contribution is 0.0476. The molecule has 0 radical (unpaired) electrons. The number of esters is 2. The molecule has 2 aromatic rings. The van der Waals surface area contributed by atoms with Gasteiger partial charge in [0.2, 0.25) is 0 Å². The first-order valence-electron chi connectivity index (χ1n) is 9.26. The van der Waals surface area contributed by atoms with E-state index in [1.54, 1.807) is 12.1 Å². The van der Waals surface area contributed by atoms with Gasteiger partial charge in [0.15, 0.2) is 0 Å². The van der Waals surface area contributed by atoms with Crippen molar-refractivity contribution in [2.75, 3.05) is 13.2 Å². The summed E-state index contributed by atoms with van der Waals surface area (Å²) >= 11 is 0. The van der Waals surface area contributed by atoms with E-state index in [4.69, 9.17) is 9.47 Å². The van der Waals surface area contributed by atoms with Crippen molar-refractivity contribution in [2.24, 2.45) is 11.8 Å². The number of benzene rings is 2. The van der Waals surface area contributed by atoms with Crippen LogP contribution in [0.1, 0.15) is 61.3 Å². The molecule has 0 amide bonds. The maximum atomic E-state index is 12.4. The summed E-state index contributed by atoms with van der Waals surface area (Å²) in [5.74, 6) is 0.230. The molecule has 0 spiro atoms. The molecule has 140 valence electrons. The fourth-order valence-corrected chi connectivity index (χ4v) is 2.59. The van der Waals surface area contributed by atoms with Gasteiger partial charge in [0.05, 0.1) is 24.3 Å². The molecule has 0 bridgehead atoms. The molecule has 0 aliphatic rings. The van der Waals surface area contributed by atoms with Gasteiger partial charge >= 0.3 is 11.9 Å². The van der Waals surface area contributed by atoms with Gasteiger partial charge in [-0.3, -0.25) is 0 Å². The maximum Gasteiger partial charge on any atom is 0.338 e. The molecule has 0 atom stereocenters. The van der Waals surface area contributed by atoms with E-state index < -0.39 is 0 Å². The van der Waals surface area contributed by atoms with Gasteiger partial charge in [0, 0.05) is 0 Å². The molecule has 0 aromatic heterocycles. The Labute approximate surface area is 155 Å². The predicted molar refractivity (Wildman–Crippen MR) is 103 cm³/mol. The van der Waals surface area contributed by atoms with Gasteiger partial charge in [-0.05, 0) is 47.6 Å². The van der Waals surface area contributed by atoms with E-state index in [9.17, 15) is 9.59 Å². The van der Waals surface area contributed by atoms with Crippen LogP contribution in [0.15, 0.2) is 36.4 Å². The molecule has 0 aliphatic heterocycles. The number of carbonyl (C=O) groups excluding carboxylic acids is 2. The van der Waals surface area contributed by atoms with Crippen LogP contribution in [0.2, 0.25) is 0 Å². The quantitative estimate of drug-likeness (QED) is 0.607. The second-order valence-electron chi connectivity index (χ2n) is 7.34. The van der Waals surface area contributed by atoms with Crippen molar-refractivity contribution in [2.45, 2.75) is 40.5 Å². The summed E-state index contributed by atoms with van der Waals surface area (Å²) in [5, 5.41) is 1.42. The Morgan fingerprint density at radius 3 is 1.46 bits per heavy atom. The SMILES string of the molecule is CC(C)CCOC(=O)c1ccc(C(=O)OCCC(C)C)c2ccccc12. The summed E-state index contributed by atoms with van der Waals surface area (Å²) in [6.45, 7) is 9.13. The fourth-order valence-electron chi connectivity index (χ4n) is 2.59. The first-order chi connectivity index (χ1) is 12.4. The van der Waals surface area contributed by atoms with E-state index in [0.29, 0.717) is 46.9 Å². The molecule has 26 heavy (non-hydrogen) atoms. The fraction of sp³-hybridized carbons (Fsp3) is 0.455. The summed E-state index contributed by atoms with van der Waals surface area (Å²) in [7, 11) is 0. The van der Waals surface area contributed by atoms with Gasteiger partial charge in [-0.15, -0.1) is 0 Å². The van der Waals surface area contributed by atoms with Crippen LogP contribution in [-0.4, -0.2) is 25.2 Å². The van der Waals surface area contributed by atoms with Crippen LogP contribution < -0.4 is 0 Å². The highest BCUT2D eigenvalue weighted by molar-refractivity contribution is 6.11. The predicted octanol–water partition coefficient (Wildman–Crippen LogP) is 5.25. The van der Waals surface area contributed by atoms with Crippen LogP contribution in [0, 0.1) is 11.8 Å². The number of ether oxygens (including phenoxy) is 2. The lowest BCUT2D eigenvalue weighted by Crippen LogP contribution is -2.11. The van der Waals surface area contributed by atoms with Crippen LogP contribution >= 0.6 is 0 Å². The number of fused-ring (bicyclic) bond motifs is 1. The minimum atomic E-state index is -0.360. The largest absolute Gasteiger partial charge is 0.462 e. The van der Waals surface area contributed by atoms with Crippen molar-refractivity contribution in [3.05, 3.63) is 47.5 Å². The molecule has 2 aromatic carbocycles. The first kappa shape index (κ1) is 20.0. The van der Waals surface area contributed by atoms with E-state index in [1.165, 1.54) is 0 Å². The summed E-state index contributed by atoms with van der Waals surface area (Å²) < 4.78 is 10.8. The number of carbonyl (C=O) groups is 2. The van der Waals surface area contributed by atoms with Crippen LogP contribution in [0.3, 0.4) is 0 Å². The molecule has 0 heterocycles. The maximum absolute atomic E-state index is 12.4. The topological polar surface area (TPSA) is 52.6 Å². The number of rotatable bonds is 8. The van der Waals surface area contributed by atoms with Crippen molar-refractivity contribution >= 4 is 22.7 Å². The second kappa shape index (κ2) is 9.37. The highest BCUT2D eigenvalue weighted by Crippen LogP contribution is 2.24. The van der Waals surface area contributed by atoms with Gasteiger partial charge in [-0.2, -0.15) is 0 Å². The van der Waals surface area contributed by atoms with Crippen molar-refractivity contribution in [1.82, 2.24) is 0 Å². The minimum absolute atomic E-state index is 0.360. The van der Waals surface area contributed by atoms with Crippen molar-refractivity contribution < 1.29 is 19.1 Å². The van der Waals surface area contributed by atoms with Crippen molar-refractivity contribution in [3.8, 4) is 0 Å². The molecule has 0 saturated carbocycles. The summed E-state index contributed by atoms with van der Waals surface area (Å²) in [6.07, 6.45) is 1.65. The van der Waals surface area contributed by atoms with Crippen LogP contribution in [0.5, 0.6) is 0 Å². The van der Waals surface area contributed by atoms with Crippen molar-refractivity contribution in [1.29, 1.82) is 0 Å². The Bertz CT molecular complexity index is 697. The van der Waals surface area contributed by atoms with E-state index in [2.05, 4.69) is 27.7 Å². The Hall–Kier alpha value is -2.36. The number of hydrogen-bond acceptors (Lipinski definition) is 4. The highest BCUT2D eigenvalue weighted by Gasteiger charge is 2.18. The third kappa shape index (κ3) is 5.32. The lowest BCUT2D eigenvalue weighted by Gasteiger charge is -2.12.